The number of methoxy groups -OCH3 is 1. The Bertz CT molecular complexity index is 720. The highest BCUT2D eigenvalue weighted by atomic mass is 16.5. The molecule has 0 aliphatic rings. The van der Waals surface area contributed by atoms with E-state index >= 15 is 0 Å². The van der Waals surface area contributed by atoms with Crippen LogP contribution in [0.3, 0.4) is 0 Å². The Balaban J connectivity index is 2.19. The molecular weight excluding hydrogens is 298 g/mol. The summed E-state index contributed by atoms with van der Waals surface area (Å²) >= 11 is 0. The van der Waals surface area contributed by atoms with Crippen LogP contribution in [0.25, 0.3) is 11.3 Å². The van der Waals surface area contributed by atoms with Gasteiger partial charge in [0.05, 0.1) is 19.8 Å². The van der Waals surface area contributed by atoms with Crippen molar-refractivity contribution >= 4 is 5.91 Å². The maximum absolute atomic E-state index is 11.4. The summed E-state index contributed by atoms with van der Waals surface area (Å²) in [5, 5.41) is 18.6. The van der Waals surface area contributed by atoms with Crippen LogP contribution in [0.5, 0.6) is 11.5 Å². The molecule has 2 rings (SSSR count). The van der Waals surface area contributed by atoms with Gasteiger partial charge in [0.2, 0.25) is 0 Å². The van der Waals surface area contributed by atoms with E-state index in [0.29, 0.717) is 35.8 Å². The van der Waals surface area contributed by atoms with Crippen LogP contribution in [-0.4, -0.2) is 35.0 Å². The number of carbonyl (C=O) groups is 1. The number of benzene rings is 1. The van der Waals surface area contributed by atoms with E-state index in [0.717, 1.165) is 12.8 Å². The molecular formula is C15H17N5O3. The third kappa shape index (κ3) is 3.97. The third-order valence-corrected chi connectivity index (χ3v) is 3.16. The number of ether oxygens (including phenoxy) is 2. The summed E-state index contributed by atoms with van der Waals surface area (Å²) in [4.78, 5) is 11.4. The number of unbranched alkanes of at least 4 members (excludes halogenated alkanes) is 2. The van der Waals surface area contributed by atoms with Gasteiger partial charge >= 0.3 is 0 Å². The van der Waals surface area contributed by atoms with Gasteiger partial charge in [0.25, 0.3) is 5.91 Å². The summed E-state index contributed by atoms with van der Waals surface area (Å²) in [5.74, 6) is 0.432. The Kier molecular flexibility index (Phi) is 5.52. The molecule has 3 N–H and O–H groups in total. The minimum absolute atomic E-state index is 0.0649. The van der Waals surface area contributed by atoms with Crippen molar-refractivity contribution in [3.8, 4) is 28.8 Å². The molecule has 1 amide bonds. The Morgan fingerprint density at radius 1 is 1.35 bits per heavy atom. The first-order valence-corrected chi connectivity index (χ1v) is 7.06. The van der Waals surface area contributed by atoms with E-state index in [1.807, 2.05) is 0 Å². The molecule has 0 aliphatic heterocycles. The Morgan fingerprint density at radius 3 is 2.87 bits per heavy atom. The average molecular weight is 315 g/mol. The first-order valence-electron chi connectivity index (χ1n) is 7.06. The zero-order valence-corrected chi connectivity index (χ0v) is 12.7. The second-order valence-electron chi connectivity index (χ2n) is 4.71. The second kappa shape index (κ2) is 7.79. The van der Waals surface area contributed by atoms with Crippen molar-refractivity contribution < 1.29 is 14.3 Å². The van der Waals surface area contributed by atoms with Crippen molar-refractivity contribution in [2.45, 2.75) is 19.3 Å². The number of amides is 1. The summed E-state index contributed by atoms with van der Waals surface area (Å²) in [6.07, 6.45) is 2.03. The standard InChI is InChI=1S/C15H17N5O3/c1-22-11-6-5-10(13-14(15(17)21)19-20-18-13)9-12(11)23-8-4-2-3-7-16/h5-6,9H,2-4,8H2,1H3,(H2,17,21)(H,18,19,20). The monoisotopic (exact) mass is 315 g/mol. The quantitative estimate of drug-likeness (QED) is 0.713. The molecule has 0 fully saturated rings. The topological polar surface area (TPSA) is 127 Å². The van der Waals surface area contributed by atoms with Crippen molar-refractivity contribution in [1.82, 2.24) is 15.4 Å². The molecule has 0 saturated carbocycles. The van der Waals surface area contributed by atoms with E-state index < -0.39 is 5.91 Å². The van der Waals surface area contributed by atoms with E-state index in [4.69, 9.17) is 20.5 Å². The van der Waals surface area contributed by atoms with Gasteiger partial charge in [-0.05, 0) is 31.0 Å². The molecule has 8 heteroatoms. The van der Waals surface area contributed by atoms with Crippen LogP contribution < -0.4 is 15.2 Å². The number of nitrogens with two attached hydrogens (primary N) is 1. The highest BCUT2D eigenvalue weighted by Crippen LogP contribution is 2.32. The average Bonchev–Trinajstić information content (AvgIpc) is 3.04. The maximum Gasteiger partial charge on any atom is 0.271 e. The zero-order chi connectivity index (χ0) is 16.7. The van der Waals surface area contributed by atoms with Crippen molar-refractivity contribution in [1.29, 1.82) is 5.26 Å². The Hall–Kier alpha value is -3.08. The number of nitriles is 1. The van der Waals surface area contributed by atoms with E-state index in [1.54, 1.807) is 25.3 Å². The largest absolute Gasteiger partial charge is 0.493 e. The Morgan fingerprint density at radius 2 is 2.17 bits per heavy atom. The molecule has 1 heterocycles. The summed E-state index contributed by atoms with van der Waals surface area (Å²) in [6.45, 7) is 0.461. The van der Waals surface area contributed by atoms with E-state index in [-0.39, 0.29) is 5.69 Å². The normalized spacial score (nSPS) is 10.1. The van der Waals surface area contributed by atoms with Crippen molar-refractivity contribution in [3.05, 3.63) is 23.9 Å². The predicted molar refractivity (Wildman–Crippen MR) is 81.8 cm³/mol. The smallest absolute Gasteiger partial charge is 0.271 e. The Labute approximate surface area is 133 Å². The first kappa shape index (κ1) is 16.3. The molecule has 0 bridgehead atoms. The fraction of sp³-hybridized carbons (Fsp3) is 0.333. The van der Waals surface area contributed by atoms with Gasteiger partial charge in [-0.3, -0.25) is 4.79 Å². The molecule has 0 saturated heterocycles. The van der Waals surface area contributed by atoms with E-state index in [9.17, 15) is 4.79 Å². The first-order chi connectivity index (χ1) is 11.2. The molecule has 0 spiro atoms. The maximum atomic E-state index is 11.4. The van der Waals surface area contributed by atoms with Crippen LogP contribution in [0.4, 0.5) is 0 Å². The fourth-order valence-corrected chi connectivity index (χ4v) is 2.03. The lowest BCUT2D eigenvalue weighted by atomic mass is 10.1. The zero-order valence-electron chi connectivity index (χ0n) is 12.7. The van der Waals surface area contributed by atoms with E-state index in [1.165, 1.54) is 0 Å². The lowest BCUT2D eigenvalue weighted by molar-refractivity contribution is 0.0996. The van der Waals surface area contributed by atoms with Crippen LogP contribution >= 0.6 is 0 Å². The number of carbonyl (C=O) groups excluding carboxylic acids is 1. The van der Waals surface area contributed by atoms with Crippen LogP contribution in [0.15, 0.2) is 18.2 Å². The molecule has 2 aromatic rings. The molecule has 8 nitrogen and oxygen atoms in total. The highest BCUT2D eigenvalue weighted by Gasteiger charge is 2.17. The molecule has 0 aliphatic carbocycles. The highest BCUT2D eigenvalue weighted by molar-refractivity contribution is 5.96. The summed E-state index contributed by atoms with van der Waals surface area (Å²) in [7, 11) is 1.54. The number of aromatic amines is 1. The van der Waals surface area contributed by atoms with Gasteiger partial charge in [-0.1, -0.05) is 0 Å². The minimum atomic E-state index is -0.663. The second-order valence-corrected chi connectivity index (χ2v) is 4.71. The number of hydrogen-bond donors (Lipinski definition) is 2. The molecule has 120 valence electrons. The number of nitrogens with one attached hydrogen (secondary N) is 1. The van der Waals surface area contributed by atoms with Crippen molar-refractivity contribution in [2.75, 3.05) is 13.7 Å². The van der Waals surface area contributed by atoms with Gasteiger partial charge in [0.15, 0.2) is 17.2 Å². The SMILES string of the molecule is COc1ccc(-c2n[nH]nc2C(N)=O)cc1OCCCCC#N. The summed E-state index contributed by atoms with van der Waals surface area (Å²) < 4.78 is 11.0. The molecule has 1 aromatic carbocycles. The lowest BCUT2D eigenvalue weighted by Crippen LogP contribution is -2.12. The van der Waals surface area contributed by atoms with Crippen molar-refractivity contribution in [3.63, 3.8) is 0 Å². The molecule has 0 radical (unpaired) electrons. The van der Waals surface area contributed by atoms with Crippen LogP contribution in [0, 0.1) is 11.3 Å². The summed E-state index contributed by atoms with van der Waals surface area (Å²) in [6, 6.07) is 7.27. The van der Waals surface area contributed by atoms with Crippen LogP contribution in [0.1, 0.15) is 29.8 Å². The van der Waals surface area contributed by atoms with Crippen LogP contribution in [-0.2, 0) is 0 Å². The molecule has 0 atom stereocenters. The number of H-pyrrole nitrogens is 1. The molecule has 23 heavy (non-hydrogen) atoms. The number of nitrogens with zero attached hydrogens (tertiary/aromatic N) is 3. The number of rotatable bonds is 8. The number of primary amides is 1. The van der Waals surface area contributed by atoms with Gasteiger partial charge < -0.3 is 15.2 Å². The fourth-order valence-electron chi connectivity index (χ4n) is 2.03. The van der Waals surface area contributed by atoms with Gasteiger partial charge in [-0.15, -0.1) is 0 Å². The lowest BCUT2D eigenvalue weighted by Gasteiger charge is -2.11. The number of hydrogen-bond acceptors (Lipinski definition) is 6. The van der Waals surface area contributed by atoms with Gasteiger partial charge in [-0.2, -0.15) is 20.7 Å². The van der Waals surface area contributed by atoms with Gasteiger partial charge in [0.1, 0.15) is 5.69 Å². The van der Waals surface area contributed by atoms with Gasteiger partial charge in [0, 0.05) is 12.0 Å². The summed E-state index contributed by atoms with van der Waals surface area (Å²) in [5.41, 5.74) is 6.33. The van der Waals surface area contributed by atoms with Crippen molar-refractivity contribution in [2.24, 2.45) is 5.73 Å². The molecule has 1 aromatic heterocycles. The predicted octanol–water partition coefficient (Wildman–Crippen LogP) is 1.65. The van der Waals surface area contributed by atoms with Gasteiger partial charge in [-0.25, -0.2) is 0 Å². The molecule has 0 unspecified atom stereocenters. The van der Waals surface area contributed by atoms with E-state index in [2.05, 4.69) is 21.5 Å². The number of aromatic nitrogens is 3. The van der Waals surface area contributed by atoms with Crippen LogP contribution in [0.2, 0.25) is 0 Å². The minimum Gasteiger partial charge on any atom is -0.493 e. The third-order valence-electron chi connectivity index (χ3n) is 3.16.